The van der Waals surface area contributed by atoms with Crippen LogP contribution in [0.2, 0.25) is 0 Å². The molecule has 94 valence electrons. The van der Waals surface area contributed by atoms with E-state index in [-0.39, 0.29) is 0 Å². The summed E-state index contributed by atoms with van der Waals surface area (Å²) in [5, 5.41) is 4.16. The number of ether oxygens (including phenoxy) is 1. The fourth-order valence-electron chi connectivity index (χ4n) is 1.66. The van der Waals surface area contributed by atoms with E-state index in [0.717, 1.165) is 16.5 Å². The second kappa shape index (κ2) is 4.89. The summed E-state index contributed by atoms with van der Waals surface area (Å²) in [5.41, 5.74) is 1.12. The fraction of sp³-hybridized carbons (Fsp3) is 0.417. The largest absolute Gasteiger partial charge is 0.481 e. The Morgan fingerprint density at radius 3 is 3.17 bits per heavy atom. The lowest BCUT2D eigenvalue weighted by Crippen LogP contribution is -2.00. The van der Waals surface area contributed by atoms with Gasteiger partial charge in [-0.1, -0.05) is 0 Å². The summed E-state index contributed by atoms with van der Waals surface area (Å²) in [6, 6.07) is 3.87. The van der Waals surface area contributed by atoms with E-state index >= 15 is 0 Å². The van der Waals surface area contributed by atoms with Gasteiger partial charge in [-0.3, -0.25) is 0 Å². The number of nitrogens with zero attached hydrogens (tertiary/aromatic N) is 3. The quantitative estimate of drug-likeness (QED) is 0.896. The highest BCUT2D eigenvalue weighted by Gasteiger charge is 2.27. The molecule has 0 amide bonds. The maximum atomic E-state index is 5.09. The van der Waals surface area contributed by atoms with Crippen LogP contribution in [0.1, 0.15) is 30.1 Å². The summed E-state index contributed by atoms with van der Waals surface area (Å²) < 4.78 is 9.44. The van der Waals surface area contributed by atoms with Crippen LogP contribution < -0.4 is 10.1 Å². The zero-order valence-electron chi connectivity index (χ0n) is 10.1. The van der Waals surface area contributed by atoms with Crippen molar-refractivity contribution in [3.05, 3.63) is 29.7 Å². The van der Waals surface area contributed by atoms with Crippen molar-refractivity contribution in [3.63, 3.8) is 0 Å². The van der Waals surface area contributed by atoms with Crippen molar-refractivity contribution in [2.24, 2.45) is 0 Å². The molecular weight excluding hydrogens is 248 g/mol. The second-order valence-electron chi connectivity index (χ2n) is 4.29. The Morgan fingerprint density at radius 2 is 2.39 bits per heavy atom. The van der Waals surface area contributed by atoms with Crippen molar-refractivity contribution in [2.75, 3.05) is 12.4 Å². The summed E-state index contributed by atoms with van der Waals surface area (Å²) in [7, 11) is 1.62. The monoisotopic (exact) mass is 262 g/mol. The van der Waals surface area contributed by atoms with Gasteiger partial charge in [0.25, 0.3) is 0 Å². The Hall–Kier alpha value is -1.69. The van der Waals surface area contributed by atoms with E-state index in [4.69, 9.17) is 4.74 Å². The number of methoxy groups -OCH3 is 1. The number of anilines is 1. The average Bonchev–Trinajstić information content (AvgIpc) is 3.16. The molecule has 2 heterocycles. The summed E-state index contributed by atoms with van der Waals surface area (Å²) >= 11 is 1.43. The van der Waals surface area contributed by atoms with Gasteiger partial charge in [0.1, 0.15) is 5.82 Å². The molecule has 3 rings (SSSR count). The van der Waals surface area contributed by atoms with Crippen LogP contribution in [0.3, 0.4) is 0 Å². The average molecular weight is 262 g/mol. The van der Waals surface area contributed by atoms with E-state index < -0.39 is 0 Å². The molecule has 1 N–H and O–H groups in total. The van der Waals surface area contributed by atoms with Crippen LogP contribution in [0.5, 0.6) is 5.88 Å². The first kappa shape index (κ1) is 11.4. The smallest absolute Gasteiger partial charge is 0.213 e. The van der Waals surface area contributed by atoms with Crippen molar-refractivity contribution in [1.82, 2.24) is 14.3 Å². The number of rotatable bonds is 5. The Morgan fingerprint density at radius 1 is 1.50 bits per heavy atom. The number of hydrogen-bond donors (Lipinski definition) is 1. The minimum Gasteiger partial charge on any atom is -0.481 e. The summed E-state index contributed by atoms with van der Waals surface area (Å²) in [6.45, 7) is 0.707. The number of nitrogens with one attached hydrogen (secondary N) is 1. The molecule has 1 saturated carbocycles. The molecule has 1 aliphatic rings. The van der Waals surface area contributed by atoms with Gasteiger partial charge in [-0.05, 0) is 24.5 Å². The lowest BCUT2D eigenvalue weighted by atomic mass is 10.3. The Kier molecular flexibility index (Phi) is 3.10. The molecule has 18 heavy (non-hydrogen) atoms. The van der Waals surface area contributed by atoms with Gasteiger partial charge >= 0.3 is 0 Å². The third kappa shape index (κ3) is 2.59. The highest BCUT2D eigenvalue weighted by Crippen LogP contribution is 2.39. The van der Waals surface area contributed by atoms with Crippen LogP contribution in [-0.4, -0.2) is 21.5 Å². The maximum Gasteiger partial charge on any atom is 0.213 e. The van der Waals surface area contributed by atoms with Crippen LogP contribution in [0.25, 0.3) is 0 Å². The standard InChI is InChI=1S/C12H14N4OS/c1-17-10-6-8(4-5-13-10)7-14-12-15-11(16-18-12)9-2-3-9/h4-6,9H,2-3,7H2,1H3,(H,14,15,16). The van der Waals surface area contributed by atoms with Crippen molar-refractivity contribution < 1.29 is 4.74 Å². The second-order valence-corrected chi connectivity index (χ2v) is 5.04. The van der Waals surface area contributed by atoms with Crippen LogP contribution in [0, 0.1) is 0 Å². The summed E-state index contributed by atoms with van der Waals surface area (Å²) in [6.07, 6.45) is 4.21. The first-order chi connectivity index (χ1) is 8.85. The first-order valence-electron chi connectivity index (χ1n) is 5.91. The highest BCUT2D eigenvalue weighted by atomic mass is 32.1. The normalized spacial score (nSPS) is 14.5. The summed E-state index contributed by atoms with van der Waals surface area (Å²) in [4.78, 5) is 8.55. The number of aromatic nitrogens is 3. The molecular formula is C12H14N4OS. The van der Waals surface area contributed by atoms with Gasteiger partial charge in [0.05, 0.1) is 7.11 Å². The fourth-order valence-corrected chi connectivity index (χ4v) is 2.30. The van der Waals surface area contributed by atoms with Crippen LogP contribution in [0.15, 0.2) is 18.3 Å². The summed E-state index contributed by atoms with van der Waals surface area (Å²) in [5.74, 6) is 2.23. The minimum absolute atomic E-state index is 0.609. The van der Waals surface area contributed by atoms with Gasteiger partial charge in [-0.15, -0.1) is 0 Å². The molecule has 0 saturated heterocycles. The molecule has 2 aromatic heterocycles. The molecule has 0 spiro atoms. The van der Waals surface area contributed by atoms with Gasteiger partial charge < -0.3 is 10.1 Å². The molecule has 6 heteroatoms. The molecule has 0 unspecified atom stereocenters. The lowest BCUT2D eigenvalue weighted by Gasteiger charge is -2.04. The van der Waals surface area contributed by atoms with Crippen molar-refractivity contribution >= 4 is 16.7 Å². The van der Waals surface area contributed by atoms with E-state index in [1.807, 2.05) is 12.1 Å². The van der Waals surface area contributed by atoms with Crippen LogP contribution in [-0.2, 0) is 6.54 Å². The molecule has 0 radical (unpaired) electrons. The van der Waals surface area contributed by atoms with E-state index in [1.54, 1.807) is 13.3 Å². The van der Waals surface area contributed by atoms with E-state index in [1.165, 1.54) is 24.4 Å². The zero-order chi connectivity index (χ0) is 12.4. The zero-order valence-corrected chi connectivity index (χ0v) is 10.9. The van der Waals surface area contributed by atoms with Gasteiger partial charge in [0.2, 0.25) is 11.0 Å². The van der Waals surface area contributed by atoms with Crippen molar-refractivity contribution in [2.45, 2.75) is 25.3 Å². The molecule has 0 bridgehead atoms. The van der Waals surface area contributed by atoms with Gasteiger partial charge in [-0.2, -0.15) is 4.37 Å². The SMILES string of the molecule is COc1cc(CNc2nc(C3CC3)ns2)ccn1. The van der Waals surface area contributed by atoms with E-state index in [0.29, 0.717) is 18.3 Å². The number of hydrogen-bond acceptors (Lipinski definition) is 6. The lowest BCUT2D eigenvalue weighted by molar-refractivity contribution is 0.397. The Balaban J connectivity index is 1.61. The molecule has 5 nitrogen and oxygen atoms in total. The predicted molar refractivity (Wildman–Crippen MR) is 70.0 cm³/mol. The first-order valence-corrected chi connectivity index (χ1v) is 6.69. The Bertz CT molecular complexity index is 538. The van der Waals surface area contributed by atoms with Crippen molar-refractivity contribution in [3.8, 4) is 5.88 Å². The third-order valence-corrected chi connectivity index (χ3v) is 3.52. The van der Waals surface area contributed by atoms with Gasteiger partial charge in [0.15, 0.2) is 0 Å². The minimum atomic E-state index is 0.609. The van der Waals surface area contributed by atoms with Crippen LogP contribution in [0.4, 0.5) is 5.13 Å². The highest BCUT2D eigenvalue weighted by molar-refractivity contribution is 7.09. The van der Waals surface area contributed by atoms with Gasteiger partial charge in [0, 0.05) is 36.3 Å². The Labute approximate surface area is 109 Å². The van der Waals surface area contributed by atoms with Gasteiger partial charge in [-0.25, -0.2) is 9.97 Å². The van der Waals surface area contributed by atoms with E-state index in [2.05, 4.69) is 19.7 Å². The predicted octanol–water partition coefficient (Wildman–Crippen LogP) is 2.43. The topological polar surface area (TPSA) is 59.9 Å². The maximum absolute atomic E-state index is 5.09. The molecule has 0 aliphatic heterocycles. The van der Waals surface area contributed by atoms with E-state index in [9.17, 15) is 0 Å². The third-order valence-electron chi connectivity index (χ3n) is 2.84. The molecule has 0 aromatic carbocycles. The molecule has 2 aromatic rings. The van der Waals surface area contributed by atoms with Crippen molar-refractivity contribution in [1.29, 1.82) is 0 Å². The molecule has 1 fully saturated rings. The molecule has 1 aliphatic carbocycles. The number of pyridine rings is 1. The van der Waals surface area contributed by atoms with Crippen LogP contribution >= 0.6 is 11.5 Å². The molecule has 0 atom stereocenters.